The van der Waals surface area contributed by atoms with Crippen molar-refractivity contribution in [2.45, 2.75) is 52.6 Å². The molecule has 1 aliphatic rings. The molecule has 0 aromatic carbocycles. The molecule has 1 aromatic rings. The van der Waals surface area contributed by atoms with E-state index in [-0.39, 0.29) is 0 Å². The zero-order valence-electron chi connectivity index (χ0n) is 13.0. The van der Waals surface area contributed by atoms with Gasteiger partial charge < -0.3 is 10.2 Å². The van der Waals surface area contributed by atoms with E-state index in [4.69, 9.17) is 0 Å². The van der Waals surface area contributed by atoms with Crippen LogP contribution in [0.5, 0.6) is 0 Å². The van der Waals surface area contributed by atoms with Gasteiger partial charge in [0.1, 0.15) is 0 Å². The summed E-state index contributed by atoms with van der Waals surface area (Å²) in [4.78, 5) is 2.54. The predicted molar refractivity (Wildman–Crippen MR) is 80.6 cm³/mol. The quantitative estimate of drug-likeness (QED) is 0.905. The topological polar surface area (TPSA) is 33.1 Å². The van der Waals surface area contributed by atoms with Crippen LogP contribution in [0.15, 0.2) is 6.20 Å². The van der Waals surface area contributed by atoms with Crippen LogP contribution in [-0.4, -0.2) is 35.0 Å². The van der Waals surface area contributed by atoms with Crippen LogP contribution >= 0.6 is 0 Å². The molecule has 1 N–H and O–H groups in total. The zero-order chi connectivity index (χ0) is 14.0. The second kappa shape index (κ2) is 5.95. The molecule has 2 unspecified atom stereocenters. The minimum absolute atomic E-state index is 0.540. The maximum absolute atomic E-state index is 4.58. The van der Waals surface area contributed by atoms with Gasteiger partial charge in [-0.2, -0.15) is 5.10 Å². The molecule has 108 valence electrons. The molecule has 0 amide bonds. The molecule has 4 heteroatoms. The highest BCUT2D eigenvalue weighted by molar-refractivity contribution is 5.51. The van der Waals surface area contributed by atoms with Crippen LogP contribution in [0.3, 0.4) is 0 Å². The Hall–Kier alpha value is -1.03. The van der Waals surface area contributed by atoms with Gasteiger partial charge in [0.2, 0.25) is 0 Å². The molecule has 2 atom stereocenters. The van der Waals surface area contributed by atoms with Gasteiger partial charge >= 0.3 is 0 Å². The van der Waals surface area contributed by atoms with Crippen LogP contribution < -0.4 is 10.2 Å². The van der Waals surface area contributed by atoms with Crippen LogP contribution in [0.1, 0.15) is 39.8 Å². The molecule has 0 radical (unpaired) electrons. The summed E-state index contributed by atoms with van der Waals surface area (Å²) >= 11 is 0. The first-order valence-corrected chi connectivity index (χ1v) is 7.53. The monoisotopic (exact) mass is 264 g/mol. The van der Waals surface area contributed by atoms with Crippen molar-refractivity contribution in [2.24, 2.45) is 13.0 Å². The summed E-state index contributed by atoms with van der Waals surface area (Å²) in [6.45, 7) is 11.2. The van der Waals surface area contributed by atoms with Crippen LogP contribution in [0.25, 0.3) is 0 Å². The Labute approximate surface area is 117 Å². The molecule has 0 saturated carbocycles. The van der Waals surface area contributed by atoms with Gasteiger partial charge in [-0.25, -0.2) is 0 Å². The largest absolute Gasteiger partial charge is 0.363 e. The van der Waals surface area contributed by atoms with Crippen LogP contribution in [0, 0.1) is 5.92 Å². The summed E-state index contributed by atoms with van der Waals surface area (Å²) < 4.78 is 1.94. The smallest absolute Gasteiger partial charge is 0.0855 e. The first-order chi connectivity index (χ1) is 9.01. The van der Waals surface area contributed by atoms with Crippen molar-refractivity contribution >= 4 is 5.69 Å². The summed E-state index contributed by atoms with van der Waals surface area (Å²) in [5.41, 5.74) is 2.55. The van der Waals surface area contributed by atoms with E-state index in [1.165, 1.54) is 17.8 Å². The Balaban J connectivity index is 2.16. The number of hydrogen-bond donors (Lipinski definition) is 1. The Morgan fingerprint density at radius 2 is 2.21 bits per heavy atom. The summed E-state index contributed by atoms with van der Waals surface area (Å²) in [6, 6.07) is 1.14. The Bertz CT molecular complexity index is 410. The zero-order valence-corrected chi connectivity index (χ0v) is 13.0. The fourth-order valence-corrected chi connectivity index (χ4v) is 3.01. The number of hydrogen-bond acceptors (Lipinski definition) is 3. The van der Waals surface area contributed by atoms with E-state index in [2.05, 4.69) is 49.2 Å². The molecule has 0 aliphatic carbocycles. The molecular formula is C15H28N4. The molecule has 2 heterocycles. The number of nitrogens with one attached hydrogen (secondary N) is 1. The number of anilines is 1. The average molecular weight is 264 g/mol. The van der Waals surface area contributed by atoms with Crippen molar-refractivity contribution in [1.29, 1.82) is 0 Å². The lowest BCUT2D eigenvalue weighted by molar-refractivity contribution is 0.355. The Morgan fingerprint density at radius 3 is 2.84 bits per heavy atom. The fourth-order valence-electron chi connectivity index (χ4n) is 3.01. The Kier molecular flexibility index (Phi) is 4.50. The number of nitrogens with zero attached hydrogens (tertiary/aromatic N) is 3. The third-order valence-electron chi connectivity index (χ3n) is 3.93. The lowest BCUT2D eigenvalue weighted by Gasteiger charge is -2.40. The van der Waals surface area contributed by atoms with Crippen LogP contribution in [-0.2, 0) is 13.5 Å². The number of piperazine rings is 1. The molecular weight excluding hydrogens is 236 g/mol. The van der Waals surface area contributed by atoms with Crippen molar-refractivity contribution in [2.75, 3.05) is 18.0 Å². The van der Waals surface area contributed by atoms with Gasteiger partial charge in [0.25, 0.3) is 0 Å². The molecule has 1 aliphatic heterocycles. The van der Waals surface area contributed by atoms with Crippen LogP contribution in [0.2, 0.25) is 0 Å². The highest BCUT2D eigenvalue weighted by atomic mass is 15.3. The fraction of sp³-hybridized carbons (Fsp3) is 0.800. The van der Waals surface area contributed by atoms with E-state index in [9.17, 15) is 0 Å². The first kappa shape index (κ1) is 14.4. The molecule has 1 saturated heterocycles. The highest BCUT2D eigenvalue weighted by Gasteiger charge is 2.27. The van der Waals surface area contributed by atoms with Gasteiger partial charge in [0, 0.05) is 38.4 Å². The van der Waals surface area contributed by atoms with Gasteiger partial charge in [-0.05, 0) is 25.7 Å². The van der Waals surface area contributed by atoms with Crippen molar-refractivity contribution in [3.63, 3.8) is 0 Å². The molecule has 1 fully saturated rings. The van der Waals surface area contributed by atoms with Gasteiger partial charge in [-0.3, -0.25) is 4.68 Å². The maximum Gasteiger partial charge on any atom is 0.0855 e. The minimum Gasteiger partial charge on any atom is -0.363 e. The molecule has 4 nitrogen and oxygen atoms in total. The highest BCUT2D eigenvalue weighted by Crippen LogP contribution is 2.25. The summed E-state index contributed by atoms with van der Waals surface area (Å²) in [5.74, 6) is 0.743. The third-order valence-corrected chi connectivity index (χ3v) is 3.93. The summed E-state index contributed by atoms with van der Waals surface area (Å²) in [7, 11) is 2.02. The summed E-state index contributed by atoms with van der Waals surface area (Å²) in [6.07, 6.45) is 4.42. The van der Waals surface area contributed by atoms with Crippen molar-refractivity contribution in [3.8, 4) is 0 Å². The number of aromatic nitrogens is 2. The van der Waals surface area contributed by atoms with E-state index in [1.807, 2.05) is 11.7 Å². The lowest BCUT2D eigenvalue weighted by atomic mass is 9.99. The Morgan fingerprint density at radius 1 is 1.47 bits per heavy atom. The molecule has 1 aromatic heterocycles. The molecule has 0 bridgehead atoms. The third kappa shape index (κ3) is 3.30. The number of aryl methyl sites for hydroxylation is 2. The van der Waals surface area contributed by atoms with Crippen LogP contribution in [0.4, 0.5) is 5.69 Å². The average Bonchev–Trinajstić information content (AvgIpc) is 2.72. The second-order valence-corrected chi connectivity index (χ2v) is 6.22. The van der Waals surface area contributed by atoms with Crippen molar-refractivity contribution in [1.82, 2.24) is 15.1 Å². The van der Waals surface area contributed by atoms with E-state index >= 15 is 0 Å². The summed E-state index contributed by atoms with van der Waals surface area (Å²) in [5, 5.41) is 8.25. The molecule has 19 heavy (non-hydrogen) atoms. The normalized spacial score (nSPS) is 24.2. The maximum atomic E-state index is 4.58. The van der Waals surface area contributed by atoms with Gasteiger partial charge in [-0.1, -0.05) is 20.8 Å². The van der Waals surface area contributed by atoms with Crippen molar-refractivity contribution < 1.29 is 0 Å². The number of rotatable bonds is 4. The van der Waals surface area contributed by atoms with Crippen molar-refractivity contribution in [3.05, 3.63) is 11.9 Å². The van der Waals surface area contributed by atoms with Gasteiger partial charge in [-0.15, -0.1) is 0 Å². The molecule has 0 spiro atoms. The van der Waals surface area contributed by atoms with E-state index in [1.54, 1.807) is 0 Å². The lowest BCUT2D eigenvalue weighted by Crippen LogP contribution is -2.56. The minimum atomic E-state index is 0.540. The van der Waals surface area contributed by atoms with Gasteiger partial charge in [0.15, 0.2) is 0 Å². The molecule has 2 rings (SSSR count). The SMILES string of the molecule is CCc1nn(C)cc1N1CC(CC(C)C)NCC1C. The van der Waals surface area contributed by atoms with E-state index in [0.29, 0.717) is 12.1 Å². The second-order valence-electron chi connectivity index (χ2n) is 6.22. The standard InChI is InChI=1S/C15H28N4/c1-6-14-15(10-18(5)17-14)19-9-13(7-11(2)3)16-8-12(19)4/h10-13,16H,6-9H2,1-5H3. The van der Waals surface area contributed by atoms with Gasteiger partial charge in [0.05, 0.1) is 11.4 Å². The van der Waals surface area contributed by atoms with E-state index < -0.39 is 0 Å². The van der Waals surface area contributed by atoms with E-state index in [0.717, 1.165) is 25.4 Å². The first-order valence-electron chi connectivity index (χ1n) is 7.53. The predicted octanol–water partition coefficient (Wildman–Crippen LogP) is 2.20.